The van der Waals surface area contributed by atoms with Crippen molar-refractivity contribution in [3.8, 4) is 0 Å². The summed E-state index contributed by atoms with van der Waals surface area (Å²) < 4.78 is 31.5. The molecule has 0 aromatic rings. The Balaban J connectivity index is 2.64. The molecule has 0 aromatic heterocycles. The van der Waals surface area contributed by atoms with Gasteiger partial charge in [-0.2, -0.15) is 4.40 Å². The molecule has 1 rings (SSSR count). The summed E-state index contributed by atoms with van der Waals surface area (Å²) in [4.78, 5) is 0. The quantitative estimate of drug-likeness (QED) is 0.681. The number of ether oxygens (including phenoxy) is 1. The third-order valence-electron chi connectivity index (χ3n) is 2.45. The van der Waals surface area contributed by atoms with Crippen molar-refractivity contribution < 1.29 is 13.2 Å². The minimum absolute atomic E-state index is 0.246. The Morgan fingerprint density at radius 2 is 1.80 bits per heavy atom. The molecule has 0 spiro atoms. The number of rotatable bonds is 2. The molecule has 0 radical (unpaired) electrons. The average Bonchev–Trinajstić information content (AvgIpc) is 2.15. The van der Waals surface area contributed by atoms with Crippen LogP contribution in [0, 0.1) is 5.92 Å². The smallest absolute Gasteiger partial charge is 0.257 e. The van der Waals surface area contributed by atoms with Crippen LogP contribution in [-0.2, 0) is 14.8 Å². The number of hydrogen-bond acceptors (Lipinski definition) is 3. The average molecular weight is 233 g/mol. The molecule has 0 atom stereocenters. The fraction of sp³-hybridized carbons (Fsp3) is 0.900. The van der Waals surface area contributed by atoms with Gasteiger partial charge in [0.1, 0.15) is 0 Å². The van der Waals surface area contributed by atoms with E-state index in [2.05, 4.69) is 4.40 Å². The van der Waals surface area contributed by atoms with Crippen molar-refractivity contribution in [3.63, 3.8) is 0 Å². The first-order valence-electron chi connectivity index (χ1n) is 5.21. The lowest BCUT2D eigenvalue weighted by Gasteiger charge is -2.19. The van der Waals surface area contributed by atoms with Crippen LogP contribution in [0.5, 0.6) is 0 Å². The van der Waals surface area contributed by atoms with Gasteiger partial charge in [0.15, 0.2) is 0 Å². The molecule has 1 fully saturated rings. The third kappa shape index (κ3) is 3.57. The van der Waals surface area contributed by atoms with Crippen LogP contribution in [0.3, 0.4) is 0 Å². The topological polar surface area (TPSA) is 55.7 Å². The number of nitrogens with zero attached hydrogens (tertiary/aromatic N) is 1. The van der Waals surface area contributed by atoms with Crippen molar-refractivity contribution in [2.75, 3.05) is 13.2 Å². The summed E-state index contributed by atoms with van der Waals surface area (Å²) in [6.45, 7) is 6.37. The molecule has 1 aliphatic rings. The van der Waals surface area contributed by atoms with Gasteiger partial charge in [0.2, 0.25) is 0 Å². The van der Waals surface area contributed by atoms with Gasteiger partial charge in [0.25, 0.3) is 10.0 Å². The summed E-state index contributed by atoms with van der Waals surface area (Å²) in [6.07, 6.45) is 3.30. The van der Waals surface area contributed by atoms with Crippen molar-refractivity contribution in [2.45, 2.75) is 38.4 Å². The van der Waals surface area contributed by atoms with Crippen LogP contribution in [0.4, 0.5) is 0 Å². The fourth-order valence-electron chi connectivity index (χ4n) is 1.19. The fourth-order valence-corrected chi connectivity index (χ4v) is 1.84. The molecule has 1 saturated heterocycles. The highest BCUT2D eigenvalue weighted by atomic mass is 32.2. The second-order valence-corrected chi connectivity index (χ2v) is 7.18. The van der Waals surface area contributed by atoms with Crippen LogP contribution in [0.15, 0.2) is 4.40 Å². The van der Waals surface area contributed by atoms with E-state index in [1.807, 2.05) is 0 Å². The maximum absolute atomic E-state index is 11.7. The van der Waals surface area contributed by atoms with Gasteiger partial charge in [0, 0.05) is 19.4 Å². The predicted molar refractivity (Wildman–Crippen MR) is 60.7 cm³/mol. The largest absolute Gasteiger partial charge is 0.381 e. The molecular weight excluding hydrogens is 214 g/mol. The van der Waals surface area contributed by atoms with E-state index in [4.69, 9.17) is 4.74 Å². The van der Waals surface area contributed by atoms with E-state index in [1.165, 1.54) is 0 Å². The van der Waals surface area contributed by atoms with Crippen molar-refractivity contribution in [3.05, 3.63) is 0 Å². The van der Waals surface area contributed by atoms with Crippen LogP contribution in [0.25, 0.3) is 0 Å². The van der Waals surface area contributed by atoms with Crippen molar-refractivity contribution in [2.24, 2.45) is 10.3 Å². The number of hydrogen-bond donors (Lipinski definition) is 0. The van der Waals surface area contributed by atoms with E-state index < -0.39 is 14.8 Å². The molecule has 0 aromatic carbocycles. The van der Waals surface area contributed by atoms with Crippen LogP contribution in [0.1, 0.15) is 33.6 Å². The molecule has 4 nitrogen and oxygen atoms in total. The Labute approximate surface area is 91.8 Å². The highest BCUT2D eigenvalue weighted by molar-refractivity contribution is 7.91. The highest BCUT2D eigenvalue weighted by Gasteiger charge is 2.28. The second-order valence-electron chi connectivity index (χ2n) is 4.79. The molecular formula is C10H19NO3S. The standard InChI is InChI=1S/C10H19NO3S/c1-10(2,3)15(12,13)11-8-9-4-6-14-7-5-9/h8-9H,4-7H2,1-3H3. The molecule has 0 aliphatic carbocycles. The molecule has 15 heavy (non-hydrogen) atoms. The third-order valence-corrected chi connectivity index (χ3v) is 4.40. The molecule has 0 saturated carbocycles. The molecule has 0 unspecified atom stereocenters. The summed E-state index contributed by atoms with van der Waals surface area (Å²) in [5.74, 6) is 0.246. The SMILES string of the molecule is CC(C)(C)S(=O)(=O)N=CC1CCOCC1. The van der Waals surface area contributed by atoms with E-state index in [0.717, 1.165) is 12.8 Å². The van der Waals surface area contributed by atoms with E-state index in [1.54, 1.807) is 27.0 Å². The minimum Gasteiger partial charge on any atom is -0.381 e. The summed E-state index contributed by atoms with van der Waals surface area (Å²) in [6, 6.07) is 0. The first kappa shape index (κ1) is 12.6. The lowest BCUT2D eigenvalue weighted by atomic mass is 10.0. The summed E-state index contributed by atoms with van der Waals surface area (Å²) in [5.41, 5.74) is 0. The normalized spacial score (nSPS) is 21.0. The maximum atomic E-state index is 11.7. The Hall–Kier alpha value is -0.420. The maximum Gasteiger partial charge on any atom is 0.257 e. The van der Waals surface area contributed by atoms with Crippen molar-refractivity contribution >= 4 is 16.2 Å². The molecule has 5 heteroatoms. The molecule has 88 valence electrons. The van der Waals surface area contributed by atoms with E-state index >= 15 is 0 Å². The highest BCUT2D eigenvalue weighted by Crippen LogP contribution is 2.18. The second kappa shape index (κ2) is 4.61. The molecule has 1 aliphatic heterocycles. The molecule has 0 bridgehead atoms. The van der Waals surface area contributed by atoms with Gasteiger partial charge >= 0.3 is 0 Å². The predicted octanol–water partition coefficient (Wildman–Crippen LogP) is 1.61. The molecule has 0 N–H and O–H groups in total. The van der Waals surface area contributed by atoms with Gasteiger partial charge in [-0.05, 0) is 39.5 Å². The van der Waals surface area contributed by atoms with Gasteiger partial charge in [-0.25, -0.2) is 8.42 Å². The monoisotopic (exact) mass is 233 g/mol. The lowest BCUT2D eigenvalue weighted by Crippen LogP contribution is -2.26. The van der Waals surface area contributed by atoms with Gasteiger partial charge in [-0.15, -0.1) is 0 Å². The van der Waals surface area contributed by atoms with E-state index in [-0.39, 0.29) is 5.92 Å². The summed E-state index contributed by atoms with van der Waals surface area (Å²) in [5, 5.41) is 0. The van der Waals surface area contributed by atoms with Crippen LogP contribution >= 0.6 is 0 Å². The zero-order chi connectivity index (χ0) is 11.5. The number of sulfonamides is 1. The zero-order valence-electron chi connectivity index (χ0n) is 9.56. The van der Waals surface area contributed by atoms with Gasteiger partial charge in [-0.3, -0.25) is 0 Å². The van der Waals surface area contributed by atoms with Gasteiger partial charge in [0.05, 0.1) is 4.75 Å². The molecule has 1 heterocycles. The first-order chi connectivity index (χ1) is 6.83. The minimum atomic E-state index is -3.37. The molecule has 0 amide bonds. The Morgan fingerprint density at radius 1 is 1.27 bits per heavy atom. The lowest BCUT2D eigenvalue weighted by molar-refractivity contribution is 0.0838. The Morgan fingerprint density at radius 3 is 2.27 bits per heavy atom. The van der Waals surface area contributed by atoms with E-state index in [0.29, 0.717) is 13.2 Å². The van der Waals surface area contributed by atoms with E-state index in [9.17, 15) is 8.42 Å². The van der Waals surface area contributed by atoms with Gasteiger partial charge < -0.3 is 4.74 Å². The van der Waals surface area contributed by atoms with Crippen LogP contribution in [-0.4, -0.2) is 32.6 Å². The summed E-state index contributed by atoms with van der Waals surface area (Å²) >= 11 is 0. The zero-order valence-corrected chi connectivity index (χ0v) is 10.4. The van der Waals surface area contributed by atoms with Crippen molar-refractivity contribution in [1.29, 1.82) is 0 Å². The van der Waals surface area contributed by atoms with Gasteiger partial charge in [-0.1, -0.05) is 0 Å². The Kier molecular flexibility index (Phi) is 3.89. The summed E-state index contributed by atoms with van der Waals surface area (Å²) in [7, 11) is -3.37. The van der Waals surface area contributed by atoms with Crippen molar-refractivity contribution in [1.82, 2.24) is 0 Å². The first-order valence-corrected chi connectivity index (χ1v) is 6.65. The van der Waals surface area contributed by atoms with Crippen LogP contribution in [0.2, 0.25) is 0 Å². The van der Waals surface area contributed by atoms with Crippen LogP contribution < -0.4 is 0 Å². The Bertz CT molecular complexity index is 321.